The van der Waals surface area contributed by atoms with Gasteiger partial charge in [0.2, 0.25) is 0 Å². The van der Waals surface area contributed by atoms with Gasteiger partial charge in [-0.2, -0.15) is 0 Å². The van der Waals surface area contributed by atoms with E-state index in [9.17, 15) is 28.3 Å². The lowest BCUT2D eigenvalue weighted by molar-refractivity contribution is -0.146. The molecule has 0 aliphatic heterocycles. The van der Waals surface area contributed by atoms with Crippen LogP contribution in [0.2, 0.25) is 5.02 Å². The number of carbonyl (C=O) groups is 2. The fourth-order valence-corrected chi connectivity index (χ4v) is 3.26. The van der Waals surface area contributed by atoms with E-state index in [4.69, 9.17) is 16.7 Å². The van der Waals surface area contributed by atoms with Crippen molar-refractivity contribution in [1.29, 1.82) is 0 Å². The number of aliphatic hydroxyl groups excluding tert-OH is 1. The number of aliphatic carboxylic acids is 1. The molecule has 9 heteroatoms. The smallest absolute Gasteiger partial charge is 0.376 e. The fourth-order valence-electron chi connectivity index (χ4n) is 3.05. The molecule has 3 rings (SSSR count). The maximum absolute atomic E-state index is 14.1. The summed E-state index contributed by atoms with van der Waals surface area (Å²) in [6, 6.07) is 11.1. The maximum atomic E-state index is 14.1. The van der Waals surface area contributed by atoms with E-state index in [0.717, 1.165) is 10.6 Å². The van der Waals surface area contributed by atoms with Crippen LogP contribution in [0.5, 0.6) is 0 Å². The van der Waals surface area contributed by atoms with Gasteiger partial charge in [0.05, 0.1) is 12.1 Å². The van der Waals surface area contributed by atoms with E-state index < -0.39 is 34.7 Å². The van der Waals surface area contributed by atoms with E-state index in [0.29, 0.717) is 28.3 Å². The van der Waals surface area contributed by atoms with Gasteiger partial charge >= 0.3 is 5.97 Å². The van der Waals surface area contributed by atoms with Crippen molar-refractivity contribution in [3.8, 4) is 0 Å². The zero-order chi connectivity index (χ0) is 23.4. The molecular formula is C23H16ClF2NO5. The van der Waals surface area contributed by atoms with E-state index in [1.54, 1.807) is 24.3 Å². The van der Waals surface area contributed by atoms with E-state index in [1.165, 1.54) is 18.3 Å². The predicted octanol–water partition coefficient (Wildman–Crippen LogP) is 3.97. The van der Waals surface area contributed by atoms with E-state index >= 15 is 0 Å². The third-order valence-electron chi connectivity index (χ3n) is 4.61. The molecule has 1 aromatic heterocycles. The van der Waals surface area contributed by atoms with Crippen molar-refractivity contribution in [3.63, 3.8) is 0 Å². The minimum Gasteiger partial charge on any atom is -0.507 e. The second-order valence-electron chi connectivity index (χ2n) is 6.90. The van der Waals surface area contributed by atoms with Crippen molar-refractivity contribution < 1.29 is 28.6 Å². The van der Waals surface area contributed by atoms with Crippen LogP contribution in [0.1, 0.15) is 22.3 Å². The molecule has 1 heterocycles. The first-order chi connectivity index (χ1) is 15.2. The Morgan fingerprint density at radius 1 is 1.03 bits per heavy atom. The summed E-state index contributed by atoms with van der Waals surface area (Å²) in [5, 5.41) is 19.5. The highest BCUT2D eigenvalue weighted by Crippen LogP contribution is 2.21. The van der Waals surface area contributed by atoms with Crippen molar-refractivity contribution in [2.75, 3.05) is 0 Å². The summed E-state index contributed by atoms with van der Waals surface area (Å²) < 4.78 is 28.4. The number of hydrogen-bond donors (Lipinski definition) is 2. The normalized spacial score (nSPS) is 11.4. The number of ketones is 1. The SMILES string of the molecule is O=C(O)C(=O)/C=C(\O)c1cc(Cc2ccccc2Cl)cn(Cc2ccc(F)cc2F)c1=O. The van der Waals surface area contributed by atoms with Crippen LogP contribution in [-0.2, 0) is 22.6 Å². The van der Waals surface area contributed by atoms with E-state index in [2.05, 4.69) is 0 Å². The summed E-state index contributed by atoms with van der Waals surface area (Å²) in [6.07, 6.45) is 2.06. The van der Waals surface area contributed by atoms with Gasteiger partial charge in [0, 0.05) is 35.3 Å². The molecule has 32 heavy (non-hydrogen) atoms. The average Bonchev–Trinajstić information content (AvgIpc) is 2.73. The van der Waals surface area contributed by atoms with Crippen molar-refractivity contribution in [3.05, 3.63) is 110 Å². The molecule has 0 saturated heterocycles. The Hall–Kier alpha value is -3.78. The Morgan fingerprint density at radius 2 is 1.75 bits per heavy atom. The van der Waals surface area contributed by atoms with E-state index in [1.807, 2.05) is 0 Å². The Labute approximate surface area is 185 Å². The maximum Gasteiger partial charge on any atom is 0.376 e. The molecule has 3 aromatic rings. The molecule has 0 unspecified atom stereocenters. The lowest BCUT2D eigenvalue weighted by Crippen LogP contribution is -2.25. The number of carboxylic acid groups (broad SMARTS) is 1. The Kier molecular flexibility index (Phi) is 6.85. The Morgan fingerprint density at radius 3 is 2.41 bits per heavy atom. The molecule has 0 amide bonds. The molecule has 0 aliphatic rings. The van der Waals surface area contributed by atoms with Gasteiger partial charge < -0.3 is 14.8 Å². The number of aliphatic hydroxyl groups is 1. The zero-order valence-electron chi connectivity index (χ0n) is 16.4. The van der Waals surface area contributed by atoms with Crippen molar-refractivity contribution in [2.45, 2.75) is 13.0 Å². The molecule has 6 nitrogen and oxygen atoms in total. The van der Waals surface area contributed by atoms with Crippen LogP contribution >= 0.6 is 11.6 Å². The number of nitrogens with zero attached hydrogens (tertiary/aromatic N) is 1. The number of hydrogen-bond acceptors (Lipinski definition) is 4. The van der Waals surface area contributed by atoms with Gasteiger partial charge in [0.25, 0.3) is 11.3 Å². The number of carboxylic acids is 1. The number of halogens is 3. The number of aromatic nitrogens is 1. The number of benzene rings is 2. The van der Waals surface area contributed by atoms with Crippen molar-refractivity contribution in [1.82, 2.24) is 4.57 Å². The Bertz CT molecular complexity index is 1300. The summed E-state index contributed by atoms with van der Waals surface area (Å²) in [6.45, 7) is -0.297. The predicted molar refractivity (Wildman–Crippen MR) is 114 cm³/mol. The summed E-state index contributed by atoms with van der Waals surface area (Å²) in [4.78, 5) is 35.2. The minimum absolute atomic E-state index is 0.0134. The van der Waals surface area contributed by atoms with Gasteiger partial charge in [-0.3, -0.25) is 9.59 Å². The van der Waals surface area contributed by atoms with Gasteiger partial charge in [0.1, 0.15) is 17.4 Å². The first-order valence-electron chi connectivity index (χ1n) is 9.24. The van der Waals surface area contributed by atoms with Gasteiger partial charge in [-0.25, -0.2) is 13.6 Å². The van der Waals surface area contributed by atoms with E-state index in [-0.39, 0.29) is 24.1 Å². The third-order valence-corrected chi connectivity index (χ3v) is 4.97. The van der Waals surface area contributed by atoms with Crippen LogP contribution in [0.15, 0.2) is 65.6 Å². The lowest BCUT2D eigenvalue weighted by atomic mass is 10.0. The average molecular weight is 460 g/mol. The molecule has 0 saturated carbocycles. The van der Waals surface area contributed by atoms with Crippen LogP contribution in [-0.4, -0.2) is 26.5 Å². The molecule has 0 spiro atoms. The summed E-state index contributed by atoms with van der Waals surface area (Å²) >= 11 is 6.19. The van der Waals surface area contributed by atoms with Crippen LogP contribution in [0, 0.1) is 11.6 Å². The topological polar surface area (TPSA) is 96.6 Å². The first-order valence-corrected chi connectivity index (χ1v) is 9.62. The van der Waals surface area contributed by atoms with Crippen molar-refractivity contribution in [2.24, 2.45) is 0 Å². The minimum atomic E-state index is -1.81. The largest absolute Gasteiger partial charge is 0.507 e. The highest BCUT2D eigenvalue weighted by atomic mass is 35.5. The fraction of sp³-hybridized carbons (Fsp3) is 0.0870. The molecular weight excluding hydrogens is 444 g/mol. The molecule has 0 atom stereocenters. The van der Waals surface area contributed by atoms with Crippen LogP contribution in [0.25, 0.3) is 5.76 Å². The number of rotatable bonds is 7. The zero-order valence-corrected chi connectivity index (χ0v) is 17.1. The molecule has 0 aliphatic carbocycles. The lowest BCUT2D eigenvalue weighted by Gasteiger charge is -2.13. The second-order valence-corrected chi connectivity index (χ2v) is 7.31. The molecule has 2 aromatic carbocycles. The molecule has 0 radical (unpaired) electrons. The molecule has 2 N–H and O–H groups in total. The summed E-state index contributed by atoms with van der Waals surface area (Å²) in [7, 11) is 0. The monoisotopic (exact) mass is 459 g/mol. The highest BCUT2D eigenvalue weighted by Gasteiger charge is 2.17. The van der Waals surface area contributed by atoms with Gasteiger partial charge in [-0.1, -0.05) is 35.9 Å². The second kappa shape index (κ2) is 9.57. The number of carbonyl (C=O) groups excluding carboxylic acids is 1. The summed E-state index contributed by atoms with van der Waals surface area (Å²) in [5.41, 5.74) is 0.0241. The summed E-state index contributed by atoms with van der Waals surface area (Å²) in [5.74, 6) is -5.72. The van der Waals surface area contributed by atoms with Crippen LogP contribution in [0.4, 0.5) is 8.78 Å². The third kappa shape index (κ3) is 5.28. The molecule has 0 bridgehead atoms. The van der Waals surface area contributed by atoms with Crippen LogP contribution in [0.3, 0.4) is 0 Å². The molecule has 0 fully saturated rings. The first kappa shape index (κ1) is 22.9. The number of pyridine rings is 1. The Balaban J connectivity index is 2.12. The standard InChI is InChI=1S/C23H16ClF2NO5/c24-18-4-2-1-3-14(18)7-13-8-17(20(28)10-21(29)23(31)32)22(30)27(11-13)12-15-5-6-16(25)9-19(15)26/h1-6,8-11,28H,7,12H2,(H,31,32)/b20-10-. The molecule has 164 valence electrons. The van der Waals surface area contributed by atoms with Gasteiger partial charge in [-0.15, -0.1) is 0 Å². The van der Waals surface area contributed by atoms with Gasteiger partial charge in [0.15, 0.2) is 0 Å². The van der Waals surface area contributed by atoms with Crippen molar-refractivity contribution >= 4 is 29.1 Å². The quantitative estimate of drug-likeness (QED) is 0.316. The van der Waals surface area contributed by atoms with Gasteiger partial charge in [-0.05, 0) is 29.3 Å². The van der Waals surface area contributed by atoms with Crippen LogP contribution < -0.4 is 5.56 Å². The highest BCUT2D eigenvalue weighted by molar-refractivity contribution is 6.38.